The van der Waals surface area contributed by atoms with Crippen LogP contribution >= 0.6 is 0 Å². The minimum atomic E-state index is -0.773. The maximum absolute atomic E-state index is 14.3. The third-order valence-corrected chi connectivity index (χ3v) is 10.1. The van der Waals surface area contributed by atoms with Crippen LogP contribution in [0.3, 0.4) is 0 Å². The van der Waals surface area contributed by atoms with Crippen LogP contribution in [0.5, 0.6) is 0 Å². The summed E-state index contributed by atoms with van der Waals surface area (Å²) in [5.74, 6) is -0.349. The minimum absolute atomic E-state index is 0.00645. The van der Waals surface area contributed by atoms with Crippen LogP contribution in [0.15, 0.2) is 60.2 Å². The second kappa shape index (κ2) is 16.3. The van der Waals surface area contributed by atoms with E-state index in [1.165, 1.54) is 16.7 Å². The van der Waals surface area contributed by atoms with Crippen molar-refractivity contribution in [2.75, 3.05) is 40.3 Å². The molecule has 2 N–H and O–H groups in total. The highest BCUT2D eigenvalue weighted by molar-refractivity contribution is 5.94. The van der Waals surface area contributed by atoms with E-state index in [9.17, 15) is 14.4 Å². The van der Waals surface area contributed by atoms with Gasteiger partial charge in [-0.15, -0.1) is 0 Å². The molecule has 2 aromatic rings. The summed E-state index contributed by atoms with van der Waals surface area (Å²) < 4.78 is 0. The molecule has 48 heavy (non-hydrogen) atoms. The van der Waals surface area contributed by atoms with Crippen LogP contribution in [0.1, 0.15) is 77.6 Å². The van der Waals surface area contributed by atoms with Gasteiger partial charge in [-0.05, 0) is 61.4 Å². The van der Waals surface area contributed by atoms with E-state index in [1.807, 2.05) is 44.7 Å². The predicted octanol–water partition coefficient (Wildman–Crippen LogP) is 5.47. The van der Waals surface area contributed by atoms with Crippen molar-refractivity contribution in [2.45, 2.75) is 99.3 Å². The molecule has 1 aliphatic rings. The van der Waals surface area contributed by atoms with Gasteiger partial charge >= 0.3 is 0 Å². The van der Waals surface area contributed by atoms with Crippen molar-refractivity contribution in [3.05, 3.63) is 82.4 Å². The number of nitrogens with zero attached hydrogens (tertiary/aromatic N) is 3. The van der Waals surface area contributed by atoms with E-state index in [2.05, 4.69) is 99.5 Å². The molecular formula is C40H61N5O3. The number of amides is 3. The molecule has 0 bridgehead atoms. The second-order valence-corrected chi connectivity index (χ2v) is 15.6. The highest BCUT2D eigenvalue weighted by Gasteiger charge is 2.42. The summed E-state index contributed by atoms with van der Waals surface area (Å²) in [6.07, 6.45) is 1.93. The fraction of sp³-hybridized carbons (Fsp3) is 0.575. The van der Waals surface area contributed by atoms with Gasteiger partial charge in [0.25, 0.3) is 0 Å². The van der Waals surface area contributed by atoms with Crippen molar-refractivity contribution in [3.8, 4) is 0 Å². The van der Waals surface area contributed by atoms with Gasteiger partial charge in [0, 0.05) is 50.8 Å². The number of aryl methyl sites for hydroxylation is 2. The quantitative estimate of drug-likeness (QED) is 0.295. The number of hydrogen-bond acceptors (Lipinski definition) is 5. The Hall–Kier alpha value is -3.49. The van der Waals surface area contributed by atoms with Crippen LogP contribution in [-0.4, -0.2) is 90.8 Å². The van der Waals surface area contributed by atoms with Gasteiger partial charge in [-0.3, -0.25) is 19.3 Å². The Balaban J connectivity index is 1.75. The summed E-state index contributed by atoms with van der Waals surface area (Å²) in [6.45, 7) is 24.0. The maximum Gasteiger partial charge on any atom is 0.249 e. The predicted molar refractivity (Wildman–Crippen MR) is 197 cm³/mol. The van der Waals surface area contributed by atoms with Gasteiger partial charge in [0.15, 0.2) is 0 Å². The smallest absolute Gasteiger partial charge is 0.249 e. The number of benzene rings is 2. The molecule has 0 aliphatic carbocycles. The van der Waals surface area contributed by atoms with Crippen LogP contribution in [0.2, 0.25) is 0 Å². The van der Waals surface area contributed by atoms with E-state index in [4.69, 9.17) is 0 Å². The summed E-state index contributed by atoms with van der Waals surface area (Å²) >= 11 is 0. The van der Waals surface area contributed by atoms with Gasteiger partial charge < -0.3 is 20.4 Å². The highest BCUT2D eigenvalue weighted by Crippen LogP contribution is 2.30. The van der Waals surface area contributed by atoms with Gasteiger partial charge in [-0.1, -0.05) is 103 Å². The number of carbonyl (C=O) groups is 3. The van der Waals surface area contributed by atoms with E-state index in [0.29, 0.717) is 18.7 Å². The number of hydrogen-bond donors (Lipinski definition) is 2. The Morgan fingerprint density at radius 1 is 0.896 bits per heavy atom. The van der Waals surface area contributed by atoms with Gasteiger partial charge in [0.1, 0.15) is 6.04 Å². The monoisotopic (exact) mass is 659 g/mol. The Kier molecular flexibility index (Phi) is 13.2. The van der Waals surface area contributed by atoms with Crippen molar-refractivity contribution in [2.24, 2.45) is 11.3 Å². The Bertz CT molecular complexity index is 1430. The van der Waals surface area contributed by atoms with Gasteiger partial charge in [0.2, 0.25) is 17.7 Å². The normalized spacial score (nSPS) is 16.8. The Morgan fingerprint density at radius 2 is 1.50 bits per heavy atom. The van der Waals surface area contributed by atoms with E-state index in [-0.39, 0.29) is 29.7 Å². The molecule has 0 unspecified atom stereocenters. The lowest BCUT2D eigenvalue weighted by molar-refractivity contribution is -0.141. The Morgan fingerprint density at radius 3 is 2.02 bits per heavy atom. The van der Waals surface area contributed by atoms with Crippen molar-refractivity contribution in [3.63, 3.8) is 0 Å². The van der Waals surface area contributed by atoms with Crippen LogP contribution in [0.4, 0.5) is 0 Å². The standard InChI is InChI=1S/C40H61N5O3/c1-27(2)33(25-30(5)37(47)45-22-20-44(21-23-45)26-31-16-14-13-15-17-31)43(12)38(48)35(39(6,7)8)42-36(46)34(41-11)40(9,10)32-19-18-28(3)29(4)24-32/h13-19,24-25,27,33-35,41H,20-23,26H2,1-12H3,(H,42,46)/b30-25+/t33-,34+,35-/m0/s1. The van der Waals surface area contributed by atoms with E-state index in [1.54, 1.807) is 19.0 Å². The highest BCUT2D eigenvalue weighted by atomic mass is 16.2. The molecule has 8 heteroatoms. The maximum atomic E-state index is 14.3. The number of carbonyl (C=O) groups excluding carboxylic acids is 3. The SMILES string of the molecule is CN[C@H](C(=O)N[C@@H](C(=O)N(C)[C@@H](/C=C(\C)C(=O)N1CCN(Cc2ccccc2)CC1)C(C)C)C(C)(C)C)C(C)(C)c1ccc(C)c(C)c1. The molecule has 1 aliphatic heterocycles. The first-order valence-electron chi connectivity index (χ1n) is 17.4. The molecule has 0 saturated carbocycles. The summed E-state index contributed by atoms with van der Waals surface area (Å²) in [4.78, 5) is 47.9. The van der Waals surface area contributed by atoms with Crippen molar-refractivity contribution in [1.82, 2.24) is 25.3 Å². The third-order valence-electron chi connectivity index (χ3n) is 10.1. The molecular weight excluding hydrogens is 598 g/mol. The molecule has 1 saturated heterocycles. The molecule has 3 rings (SSSR count). The fourth-order valence-corrected chi connectivity index (χ4v) is 6.63. The number of piperazine rings is 1. The van der Waals surface area contributed by atoms with Gasteiger partial charge in [-0.25, -0.2) is 0 Å². The first-order valence-corrected chi connectivity index (χ1v) is 17.4. The van der Waals surface area contributed by atoms with E-state index in [0.717, 1.165) is 25.2 Å². The van der Waals surface area contributed by atoms with Gasteiger partial charge in [0.05, 0.1) is 12.1 Å². The average Bonchev–Trinajstić information content (AvgIpc) is 3.03. The van der Waals surface area contributed by atoms with E-state index < -0.39 is 22.9 Å². The largest absolute Gasteiger partial charge is 0.342 e. The van der Waals surface area contributed by atoms with Crippen molar-refractivity contribution in [1.29, 1.82) is 0 Å². The molecule has 3 atom stereocenters. The number of likely N-dealkylation sites (N-methyl/N-ethyl adjacent to an activating group) is 2. The second-order valence-electron chi connectivity index (χ2n) is 15.6. The molecule has 0 radical (unpaired) electrons. The molecule has 264 valence electrons. The summed E-state index contributed by atoms with van der Waals surface area (Å²) in [5, 5.41) is 6.37. The van der Waals surface area contributed by atoms with E-state index >= 15 is 0 Å². The van der Waals surface area contributed by atoms with Crippen LogP contribution in [0, 0.1) is 25.2 Å². The fourth-order valence-electron chi connectivity index (χ4n) is 6.63. The summed E-state index contributed by atoms with van der Waals surface area (Å²) in [5.41, 5.74) is 4.24. The molecule has 1 fully saturated rings. The zero-order valence-corrected chi connectivity index (χ0v) is 31.6. The summed E-state index contributed by atoms with van der Waals surface area (Å²) in [7, 11) is 3.57. The average molecular weight is 660 g/mol. The molecule has 3 amide bonds. The minimum Gasteiger partial charge on any atom is -0.342 e. The van der Waals surface area contributed by atoms with Crippen LogP contribution in [-0.2, 0) is 26.3 Å². The van der Waals surface area contributed by atoms with Crippen molar-refractivity contribution < 1.29 is 14.4 Å². The number of rotatable bonds is 12. The lowest BCUT2D eigenvalue weighted by atomic mass is 9.76. The topological polar surface area (TPSA) is 85.0 Å². The first kappa shape index (κ1) is 39.0. The molecule has 1 heterocycles. The first-order chi connectivity index (χ1) is 22.4. The third kappa shape index (κ3) is 9.56. The zero-order chi connectivity index (χ0) is 36.0. The molecule has 2 aromatic carbocycles. The van der Waals surface area contributed by atoms with Crippen LogP contribution in [0.25, 0.3) is 0 Å². The van der Waals surface area contributed by atoms with Crippen LogP contribution < -0.4 is 10.6 Å². The van der Waals surface area contributed by atoms with Gasteiger partial charge in [-0.2, -0.15) is 0 Å². The summed E-state index contributed by atoms with van der Waals surface area (Å²) in [6, 6.07) is 15.0. The number of nitrogens with one attached hydrogen (secondary N) is 2. The lowest BCUT2D eigenvalue weighted by Gasteiger charge is -2.40. The molecule has 0 spiro atoms. The molecule has 0 aromatic heterocycles. The zero-order valence-electron chi connectivity index (χ0n) is 31.6. The van der Waals surface area contributed by atoms with Crippen molar-refractivity contribution >= 4 is 17.7 Å². The molecule has 8 nitrogen and oxygen atoms in total. The Labute approximate surface area is 290 Å². The lowest BCUT2D eigenvalue weighted by Crippen LogP contribution is -2.61.